The van der Waals surface area contributed by atoms with Crippen LogP contribution < -0.4 is 5.32 Å². The summed E-state index contributed by atoms with van der Waals surface area (Å²) in [6, 6.07) is 9.23. The van der Waals surface area contributed by atoms with Gasteiger partial charge in [0.25, 0.3) is 5.91 Å². The molecule has 0 spiro atoms. The van der Waals surface area contributed by atoms with E-state index in [1.165, 1.54) is 7.05 Å². The number of nitrogens with zero attached hydrogens (tertiary/aromatic N) is 1. The molecule has 1 N–H and O–H groups in total. The van der Waals surface area contributed by atoms with Crippen LogP contribution in [0.5, 0.6) is 0 Å². The van der Waals surface area contributed by atoms with Gasteiger partial charge in [-0.3, -0.25) is 4.79 Å². The van der Waals surface area contributed by atoms with Gasteiger partial charge in [-0.1, -0.05) is 28.1 Å². The molecule has 0 aliphatic rings. The number of carbonyl (C=O) groups excluding carboxylic acids is 1. The van der Waals surface area contributed by atoms with Crippen LogP contribution in [0.4, 0.5) is 0 Å². The lowest BCUT2D eigenvalue weighted by Gasteiger charge is -1.98. The molecule has 0 saturated carbocycles. The second-order valence-corrected chi connectivity index (χ2v) is 3.72. The zero-order chi connectivity index (χ0) is 11.3. The molecular formula is C11H9BrN2O. The Kier molecular flexibility index (Phi) is 4.07. The Balaban J connectivity index is 3.05. The third-order valence-corrected chi connectivity index (χ3v) is 2.25. The van der Waals surface area contributed by atoms with Gasteiger partial charge in [-0.2, -0.15) is 5.26 Å². The van der Waals surface area contributed by atoms with E-state index in [9.17, 15) is 4.79 Å². The molecule has 0 radical (unpaired) electrons. The van der Waals surface area contributed by atoms with Crippen molar-refractivity contribution >= 4 is 27.9 Å². The van der Waals surface area contributed by atoms with Gasteiger partial charge in [-0.05, 0) is 23.8 Å². The maximum atomic E-state index is 11.2. The monoisotopic (exact) mass is 264 g/mol. The number of rotatable bonds is 2. The van der Waals surface area contributed by atoms with Crippen molar-refractivity contribution in [3.8, 4) is 6.07 Å². The minimum Gasteiger partial charge on any atom is -0.354 e. The normalized spacial score (nSPS) is 10.6. The molecule has 0 fully saturated rings. The second-order valence-electron chi connectivity index (χ2n) is 2.80. The SMILES string of the molecule is CNC(=O)/C(C#N)=C/c1cccc(Br)c1. The first kappa shape index (κ1) is 11.5. The molecular weight excluding hydrogens is 256 g/mol. The number of likely N-dealkylation sites (N-methyl/N-ethyl adjacent to an activating group) is 1. The summed E-state index contributed by atoms with van der Waals surface area (Å²) in [5, 5.41) is 11.2. The van der Waals surface area contributed by atoms with Crippen LogP contribution in [-0.4, -0.2) is 13.0 Å². The second kappa shape index (κ2) is 5.32. The highest BCUT2D eigenvalue weighted by Crippen LogP contribution is 2.14. The molecule has 1 aromatic carbocycles. The number of hydrogen-bond acceptors (Lipinski definition) is 2. The van der Waals surface area contributed by atoms with Crippen LogP contribution in [0.2, 0.25) is 0 Å². The molecule has 4 heteroatoms. The van der Waals surface area contributed by atoms with E-state index in [0.717, 1.165) is 10.0 Å². The lowest BCUT2D eigenvalue weighted by Crippen LogP contribution is -2.19. The summed E-state index contributed by atoms with van der Waals surface area (Å²) >= 11 is 3.32. The number of nitrogens with one attached hydrogen (secondary N) is 1. The molecule has 0 aliphatic heterocycles. The summed E-state index contributed by atoms with van der Waals surface area (Å²) < 4.78 is 0.908. The van der Waals surface area contributed by atoms with Crippen molar-refractivity contribution in [2.24, 2.45) is 0 Å². The molecule has 1 amide bonds. The zero-order valence-electron chi connectivity index (χ0n) is 8.12. The van der Waals surface area contributed by atoms with E-state index in [1.807, 2.05) is 30.3 Å². The summed E-state index contributed by atoms with van der Waals surface area (Å²) in [7, 11) is 1.49. The predicted octanol–water partition coefficient (Wildman–Crippen LogP) is 2.10. The van der Waals surface area contributed by atoms with Crippen molar-refractivity contribution in [2.45, 2.75) is 0 Å². The Labute approximate surface area is 96.5 Å². The average Bonchev–Trinajstić information content (AvgIpc) is 2.25. The summed E-state index contributed by atoms with van der Waals surface area (Å²) in [5.74, 6) is -0.377. The molecule has 0 atom stereocenters. The lowest BCUT2D eigenvalue weighted by atomic mass is 10.1. The van der Waals surface area contributed by atoms with E-state index in [0.29, 0.717) is 0 Å². The number of hydrogen-bond donors (Lipinski definition) is 1. The van der Waals surface area contributed by atoms with E-state index in [1.54, 1.807) is 6.08 Å². The van der Waals surface area contributed by atoms with Gasteiger partial charge in [0.15, 0.2) is 0 Å². The summed E-state index contributed by atoms with van der Waals surface area (Å²) in [6.07, 6.45) is 1.55. The average molecular weight is 265 g/mol. The lowest BCUT2D eigenvalue weighted by molar-refractivity contribution is -0.116. The highest BCUT2D eigenvalue weighted by Gasteiger charge is 2.05. The smallest absolute Gasteiger partial charge is 0.261 e. The van der Waals surface area contributed by atoms with Gasteiger partial charge in [-0.15, -0.1) is 0 Å². The Morgan fingerprint density at radius 3 is 2.87 bits per heavy atom. The van der Waals surface area contributed by atoms with Crippen LogP contribution in [0.15, 0.2) is 34.3 Å². The van der Waals surface area contributed by atoms with E-state index in [-0.39, 0.29) is 11.5 Å². The third kappa shape index (κ3) is 3.22. The minimum absolute atomic E-state index is 0.0931. The first-order chi connectivity index (χ1) is 7.17. The maximum absolute atomic E-state index is 11.2. The summed E-state index contributed by atoms with van der Waals surface area (Å²) in [6.45, 7) is 0. The highest BCUT2D eigenvalue weighted by molar-refractivity contribution is 9.10. The molecule has 0 saturated heterocycles. The van der Waals surface area contributed by atoms with E-state index < -0.39 is 0 Å². The number of amides is 1. The highest BCUT2D eigenvalue weighted by atomic mass is 79.9. The summed E-state index contributed by atoms with van der Waals surface area (Å²) in [4.78, 5) is 11.2. The number of nitriles is 1. The molecule has 0 bridgehead atoms. The Morgan fingerprint density at radius 2 is 2.33 bits per heavy atom. The number of benzene rings is 1. The van der Waals surface area contributed by atoms with Gasteiger partial charge >= 0.3 is 0 Å². The van der Waals surface area contributed by atoms with Crippen molar-refractivity contribution in [3.05, 3.63) is 39.9 Å². The minimum atomic E-state index is -0.377. The standard InChI is InChI=1S/C11H9BrN2O/c1-14-11(15)9(7-13)5-8-3-2-4-10(12)6-8/h2-6H,1H3,(H,14,15)/b9-5+. The Bertz CT molecular complexity index is 446. The van der Waals surface area contributed by atoms with Gasteiger partial charge in [-0.25, -0.2) is 0 Å². The van der Waals surface area contributed by atoms with E-state index in [2.05, 4.69) is 21.2 Å². The molecule has 0 heterocycles. The van der Waals surface area contributed by atoms with Crippen LogP contribution in [-0.2, 0) is 4.79 Å². The fourth-order valence-corrected chi connectivity index (χ4v) is 1.46. The Hall–Kier alpha value is -1.60. The largest absolute Gasteiger partial charge is 0.354 e. The molecule has 3 nitrogen and oxygen atoms in total. The molecule has 76 valence electrons. The number of halogens is 1. The topological polar surface area (TPSA) is 52.9 Å². The van der Waals surface area contributed by atoms with Gasteiger partial charge in [0.1, 0.15) is 11.6 Å². The zero-order valence-corrected chi connectivity index (χ0v) is 9.71. The molecule has 15 heavy (non-hydrogen) atoms. The van der Waals surface area contributed by atoms with Crippen LogP contribution in [0.25, 0.3) is 6.08 Å². The van der Waals surface area contributed by atoms with Crippen LogP contribution in [0.1, 0.15) is 5.56 Å². The number of carbonyl (C=O) groups is 1. The van der Waals surface area contributed by atoms with Crippen molar-refractivity contribution in [2.75, 3.05) is 7.05 Å². The van der Waals surface area contributed by atoms with E-state index in [4.69, 9.17) is 5.26 Å². The van der Waals surface area contributed by atoms with Gasteiger partial charge in [0.05, 0.1) is 0 Å². The molecule has 1 aromatic rings. The first-order valence-electron chi connectivity index (χ1n) is 4.27. The first-order valence-corrected chi connectivity index (χ1v) is 5.06. The van der Waals surface area contributed by atoms with Crippen LogP contribution >= 0.6 is 15.9 Å². The quantitative estimate of drug-likeness (QED) is 0.657. The van der Waals surface area contributed by atoms with Gasteiger partial charge in [0, 0.05) is 11.5 Å². The summed E-state index contributed by atoms with van der Waals surface area (Å²) in [5.41, 5.74) is 0.903. The van der Waals surface area contributed by atoms with Crippen LogP contribution in [0.3, 0.4) is 0 Å². The van der Waals surface area contributed by atoms with Gasteiger partial charge < -0.3 is 5.32 Å². The maximum Gasteiger partial charge on any atom is 0.261 e. The van der Waals surface area contributed by atoms with Gasteiger partial charge in [0.2, 0.25) is 0 Å². The van der Waals surface area contributed by atoms with E-state index >= 15 is 0 Å². The molecule has 0 unspecified atom stereocenters. The van der Waals surface area contributed by atoms with Crippen molar-refractivity contribution in [1.29, 1.82) is 5.26 Å². The van der Waals surface area contributed by atoms with Crippen molar-refractivity contribution in [3.63, 3.8) is 0 Å². The molecule has 1 rings (SSSR count). The predicted molar refractivity (Wildman–Crippen MR) is 61.8 cm³/mol. The van der Waals surface area contributed by atoms with Crippen molar-refractivity contribution in [1.82, 2.24) is 5.32 Å². The molecule has 0 aromatic heterocycles. The van der Waals surface area contributed by atoms with Crippen LogP contribution in [0, 0.1) is 11.3 Å². The molecule has 0 aliphatic carbocycles. The third-order valence-electron chi connectivity index (χ3n) is 1.75. The fraction of sp³-hybridized carbons (Fsp3) is 0.0909. The van der Waals surface area contributed by atoms with Crippen molar-refractivity contribution < 1.29 is 4.79 Å². The fourth-order valence-electron chi connectivity index (χ4n) is 1.05. The Morgan fingerprint density at radius 1 is 1.60 bits per heavy atom.